The lowest BCUT2D eigenvalue weighted by Gasteiger charge is -1.98. The molecule has 2 atom stereocenters. The van der Waals surface area contributed by atoms with Gasteiger partial charge in [-0.15, -0.1) is 0 Å². The summed E-state index contributed by atoms with van der Waals surface area (Å²) in [6, 6.07) is 0. The van der Waals surface area contributed by atoms with Crippen LogP contribution in [0, 0.1) is 17.3 Å². The molecular formula is C10H12O. The van der Waals surface area contributed by atoms with Crippen molar-refractivity contribution in [3.8, 4) is 0 Å². The molecular weight excluding hydrogens is 136 g/mol. The van der Waals surface area contributed by atoms with Crippen molar-refractivity contribution in [2.75, 3.05) is 0 Å². The van der Waals surface area contributed by atoms with Crippen LogP contribution in [0.4, 0.5) is 0 Å². The maximum Gasteiger partial charge on any atom is 0.159 e. The molecule has 1 fully saturated rings. The molecule has 0 aromatic rings. The van der Waals surface area contributed by atoms with Gasteiger partial charge in [0.25, 0.3) is 0 Å². The zero-order chi connectivity index (χ0) is 8.06. The van der Waals surface area contributed by atoms with E-state index in [0.29, 0.717) is 11.7 Å². The third-order valence-electron chi connectivity index (χ3n) is 2.91. The van der Waals surface area contributed by atoms with E-state index in [1.165, 1.54) is 0 Å². The Balaban J connectivity index is 2.31. The van der Waals surface area contributed by atoms with Crippen molar-refractivity contribution in [3.63, 3.8) is 0 Å². The summed E-state index contributed by atoms with van der Waals surface area (Å²) in [4.78, 5) is 11.3. The first-order valence-corrected chi connectivity index (χ1v) is 4.03. The highest BCUT2D eigenvalue weighted by Crippen LogP contribution is 2.59. The first kappa shape index (κ1) is 6.84. The summed E-state index contributed by atoms with van der Waals surface area (Å²) in [6.45, 7) is 4.31. The van der Waals surface area contributed by atoms with Crippen molar-refractivity contribution in [1.82, 2.24) is 0 Å². The lowest BCUT2D eigenvalue weighted by Crippen LogP contribution is -2.01. The van der Waals surface area contributed by atoms with Crippen molar-refractivity contribution in [1.29, 1.82) is 0 Å². The second kappa shape index (κ2) is 1.84. The number of hydrogen-bond donors (Lipinski definition) is 0. The summed E-state index contributed by atoms with van der Waals surface area (Å²) in [5.41, 5.74) is 0.221. The van der Waals surface area contributed by atoms with E-state index in [2.05, 4.69) is 19.9 Å². The van der Waals surface area contributed by atoms with Gasteiger partial charge in [-0.1, -0.05) is 32.1 Å². The molecule has 2 unspecified atom stereocenters. The van der Waals surface area contributed by atoms with E-state index < -0.39 is 0 Å². The standard InChI is InChI=1S/C10H12O/c1-10(2)7-5-3-4-6-8(11)9(7)10/h3-7,9H,1-2H3. The molecule has 0 heterocycles. The van der Waals surface area contributed by atoms with Gasteiger partial charge in [-0.2, -0.15) is 0 Å². The Labute approximate surface area is 66.8 Å². The van der Waals surface area contributed by atoms with Crippen LogP contribution in [0.1, 0.15) is 13.8 Å². The molecule has 0 radical (unpaired) electrons. The largest absolute Gasteiger partial charge is 0.295 e. The fourth-order valence-corrected chi connectivity index (χ4v) is 2.02. The Hall–Kier alpha value is -0.850. The topological polar surface area (TPSA) is 17.1 Å². The fourth-order valence-electron chi connectivity index (χ4n) is 2.02. The molecule has 0 aromatic heterocycles. The Morgan fingerprint density at radius 2 is 2.09 bits per heavy atom. The summed E-state index contributed by atoms with van der Waals surface area (Å²) in [7, 11) is 0. The summed E-state index contributed by atoms with van der Waals surface area (Å²) in [5, 5.41) is 0. The monoisotopic (exact) mass is 148 g/mol. The molecule has 11 heavy (non-hydrogen) atoms. The molecule has 2 rings (SSSR count). The quantitative estimate of drug-likeness (QED) is 0.513. The van der Waals surface area contributed by atoms with Crippen LogP contribution in [0.2, 0.25) is 0 Å². The second-order valence-electron chi connectivity index (χ2n) is 3.97. The van der Waals surface area contributed by atoms with E-state index in [0.717, 1.165) is 0 Å². The van der Waals surface area contributed by atoms with E-state index in [1.807, 2.05) is 12.2 Å². The van der Waals surface area contributed by atoms with Crippen LogP contribution in [0.15, 0.2) is 24.3 Å². The number of rotatable bonds is 0. The highest BCUT2D eigenvalue weighted by Gasteiger charge is 2.59. The number of allylic oxidation sites excluding steroid dienone is 4. The Bertz CT molecular complexity index is 258. The maximum absolute atomic E-state index is 11.3. The summed E-state index contributed by atoms with van der Waals surface area (Å²) < 4.78 is 0. The zero-order valence-corrected chi connectivity index (χ0v) is 6.87. The Morgan fingerprint density at radius 1 is 1.36 bits per heavy atom. The minimum atomic E-state index is 0.221. The van der Waals surface area contributed by atoms with Crippen molar-refractivity contribution in [2.24, 2.45) is 17.3 Å². The van der Waals surface area contributed by atoms with Gasteiger partial charge in [0.1, 0.15) is 0 Å². The molecule has 1 nitrogen and oxygen atoms in total. The average Bonchev–Trinajstić information content (AvgIpc) is 2.52. The second-order valence-corrected chi connectivity index (χ2v) is 3.97. The van der Waals surface area contributed by atoms with E-state index >= 15 is 0 Å². The van der Waals surface area contributed by atoms with Crippen molar-refractivity contribution < 1.29 is 4.79 Å². The van der Waals surface area contributed by atoms with Gasteiger partial charge in [0, 0.05) is 5.92 Å². The molecule has 0 aliphatic heterocycles. The number of fused-ring (bicyclic) bond motifs is 1. The van der Waals surface area contributed by atoms with E-state index in [9.17, 15) is 4.79 Å². The van der Waals surface area contributed by atoms with Crippen LogP contribution in [-0.4, -0.2) is 5.78 Å². The van der Waals surface area contributed by atoms with E-state index in [-0.39, 0.29) is 11.3 Å². The average molecular weight is 148 g/mol. The third kappa shape index (κ3) is 0.802. The highest BCUT2D eigenvalue weighted by atomic mass is 16.1. The molecule has 0 saturated heterocycles. The van der Waals surface area contributed by atoms with Gasteiger partial charge in [-0.3, -0.25) is 4.79 Å². The predicted octanol–water partition coefficient (Wildman–Crippen LogP) is 1.95. The molecule has 0 bridgehead atoms. The van der Waals surface area contributed by atoms with E-state index in [1.54, 1.807) is 6.08 Å². The first-order valence-electron chi connectivity index (χ1n) is 4.03. The lowest BCUT2D eigenvalue weighted by atomic mass is 10.1. The normalized spacial score (nSPS) is 38.2. The van der Waals surface area contributed by atoms with E-state index in [4.69, 9.17) is 0 Å². The van der Waals surface area contributed by atoms with Gasteiger partial charge in [-0.25, -0.2) is 0 Å². The van der Waals surface area contributed by atoms with Crippen LogP contribution in [0.5, 0.6) is 0 Å². The third-order valence-corrected chi connectivity index (χ3v) is 2.91. The highest BCUT2D eigenvalue weighted by molar-refractivity contribution is 5.96. The van der Waals surface area contributed by atoms with Crippen molar-refractivity contribution >= 4 is 5.78 Å². The molecule has 1 heteroatoms. The van der Waals surface area contributed by atoms with Gasteiger partial charge in [-0.05, 0) is 17.4 Å². The summed E-state index contributed by atoms with van der Waals surface area (Å²) in [5.74, 6) is 1.05. The van der Waals surface area contributed by atoms with Crippen molar-refractivity contribution in [2.45, 2.75) is 13.8 Å². The molecule has 2 aliphatic carbocycles. The molecule has 0 aromatic carbocycles. The van der Waals surface area contributed by atoms with Gasteiger partial charge < -0.3 is 0 Å². The summed E-state index contributed by atoms with van der Waals surface area (Å²) >= 11 is 0. The molecule has 1 saturated carbocycles. The van der Waals surface area contributed by atoms with Crippen LogP contribution in [0.25, 0.3) is 0 Å². The zero-order valence-electron chi connectivity index (χ0n) is 6.87. The van der Waals surface area contributed by atoms with Gasteiger partial charge in [0.05, 0.1) is 0 Å². The Kier molecular flexibility index (Phi) is 1.15. The molecule has 0 spiro atoms. The minimum absolute atomic E-state index is 0.221. The smallest absolute Gasteiger partial charge is 0.159 e. The molecule has 0 N–H and O–H groups in total. The maximum atomic E-state index is 11.3. The molecule has 0 amide bonds. The van der Waals surface area contributed by atoms with Gasteiger partial charge >= 0.3 is 0 Å². The SMILES string of the molecule is CC1(C)C2C=CC=CC(=O)C21. The number of carbonyl (C=O) groups is 1. The molecule has 2 aliphatic rings. The first-order chi connectivity index (χ1) is 5.14. The van der Waals surface area contributed by atoms with Gasteiger partial charge in [0.2, 0.25) is 0 Å². The summed E-state index contributed by atoms with van der Waals surface area (Å²) in [6.07, 6.45) is 7.66. The number of ketones is 1. The van der Waals surface area contributed by atoms with Crippen molar-refractivity contribution in [3.05, 3.63) is 24.3 Å². The van der Waals surface area contributed by atoms with Crippen LogP contribution in [0.3, 0.4) is 0 Å². The number of hydrogen-bond acceptors (Lipinski definition) is 1. The van der Waals surface area contributed by atoms with Crippen LogP contribution < -0.4 is 0 Å². The fraction of sp³-hybridized carbons (Fsp3) is 0.500. The predicted molar refractivity (Wildman–Crippen MR) is 44.0 cm³/mol. The molecule has 58 valence electrons. The lowest BCUT2D eigenvalue weighted by molar-refractivity contribution is -0.116. The van der Waals surface area contributed by atoms with Crippen LogP contribution >= 0.6 is 0 Å². The van der Waals surface area contributed by atoms with Gasteiger partial charge in [0.15, 0.2) is 5.78 Å². The number of carbonyl (C=O) groups excluding carboxylic acids is 1. The van der Waals surface area contributed by atoms with Crippen LogP contribution in [-0.2, 0) is 4.79 Å². The minimum Gasteiger partial charge on any atom is -0.295 e. The Morgan fingerprint density at radius 3 is 2.82 bits per heavy atom.